The first-order valence-corrected chi connectivity index (χ1v) is 3.95. The molecule has 1 aliphatic rings. The molecule has 0 saturated heterocycles. The lowest BCUT2D eigenvalue weighted by atomic mass is 10.3. The molecule has 0 N–H and O–H groups in total. The maximum Gasteiger partial charge on any atom is 0.0890 e. The topological polar surface area (TPSA) is 6.48 Å². The Morgan fingerprint density at radius 1 is 1.36 bits per heavy atom. The molecule has 1 heterocycles. The zero-order valence-corrected chi connectivity index (χ0v) is 8.10. The molecule has 3 heteroatoms. The van der Waals surface area contributed by atoms with Crippen LogP contribution in [0.25, 0.3) is 0 Å². The first-order chi connectivity index (χ1) is 4.83. The van der Waals surface area contributed by atoms with Crippen LogP contribution in [0.5, 0.6) is 0 Å². The molecule has 0 aromatic carbocycles. The number of rotatable bonds is 3. The summed E-state index contributed by atoms with van der Waals surface area (Å²) in [7, 11) is 2.10. The highest BCUT2D eigenvalue weighted by atomic mass is 35.5. The van der Waals surface area contributed by atoms with Gasteiger partial charge in [0, 0.05) is 26.0 Å². The molecular formula is C8H17ClN2. The minimum atomic E-state index is 0. The molecule has 1 rings (SSSR count). The van der Waals surface area contributed by atoms with Gasteiger partial charge in [-0.25, -0.2) is 0 Å². The van der Waals surface area contributed by atoms with E-state index in [2.05, 4.69) is 36.2 Å². The number of halogens is 1. The summed E-state index contributed by atoms with van der Waals surface area (Å²) in [6.07, 6.45) is 6.87. The molecule has 2 nitrogen and oxygen atoms in total. The van der Waals surface area contributed by atoms with E-state index in [0.29, 0.717) is 0 Å². The highest BCUT2D eigenvalue weighted by molar-refractivity contribution is 5.85. The molecule has 0 radical (unpaired) electrons. The average molecular weight is 177 g/mol. The monoisotopic (exact) mass is 176 g/mol. The van der Waals surface area contributed by atoms with Gasteiger partial charge in [-0.2, -0.15) is 0 Å². The number of hydrogen-bond acceptors (Lipinski definition) is 2. The van der Waals surface area contributed by atoms with E-state index in [1.54, 1.807) is 0 Å². The minimum absolute atomic E-state index is 0. The Bertz CT molecular complexity index is 125. The lowest BCUT2D eigenvalue weighted by molar-refractivity contribution is 0.293. The molecule has 0 aliphatic carbocycles. The van der Waals surface area contributed by atoms with Crippen LogP contribution in [0.3, 0.4) is 0 Å². The predicted molar refractivity (Wildman–Crippen MR) is 50.6 cm³/mol. The fraction of sp³-hybridized carbons (Fsp3) is 0.750. The summed E-state index contributed by atoms with van der Waals surface area (Å²) in [4.78, 5) is 4.53. The maximum atomic E-state index is 2.34. The van der Waals surface area contributed by atoms with Gasteiger partial charge in [0.15, 0.2) is 0 Å². The zero-order valence-electron chi connectivity index (χ0n) is 7.29. The first kappa shape index (κ1) is 10.6. The van der Waals surface area contributed by atoms with Crippen molar-refractivity contribution in [3.63, 3.8) is 0 Å². The van der Waals surface area contributed by atoms with Gasteiger partial charge in [0.1, 0.15) is 0 Å². The molecule has 0 spiro atoms. The molecule has 0 bridgehead atoms. The van der Waals surface area contributed by atoms with E-state index in [1.165, 1.54) is 19.4 Å². The van der Waals surface area contributed by atoms with Crippen LogP contribution in [0.1, 0.15) is 19.8 Å². The molecule has 0 amide bonds. The van der Waals surface area contributed by atoms with Crippen LogP contribution in [0, 0.1) is 0 Å². The third-order valence-electron chi connectivity index (χ3n) is 1.74. The van der Waals surface area contributed by atoms with Gasteiger partial charge in [-0.05, 0) is 6.42 Å². The number of hydrogen-bond donors (Lipinski definition) is 0. The quantitative estimate of drug-likeness (QED) is 0.648. The Kier molecular flexibility index (Phi) is 5.12. The Morgan fingerprint density at radius 3 is 2.55 bits per heavy atom. The van der Waals surface area contributed by atoms with Crippen molar-refractivity contribution in [3.8, 4) is 0 Å². The Morgan fingerprint density at radius 2 is 2.09 bits per heavy atom. The molecule has 0 unspecified atom stereocenters. The normalized spacial score (nSPS) is 15.5. The summed E-state index contributed by atoms with van der Waals surface area (Å²) in [5.41, 5.74) is 0. The first-order valence-electron chi connectivity index (χ1n) is 3.95. The Balaban J connectivity index is 0.000001000. The van der Waals surface area contributed by atoms with Crippen molar-refractivity contribution < 1.29 is 0 Å². The van der Waals surface area contributed by atoms with Crippen LogP contribution in [-0.4, -0.2) is 30.1 Å². The summed E-state index contributed by atoms with van der Waals surface area (Å²) < 4.78 is 0. The van der Waals surface area contributed by atoms with E-state index in [4.69, 9.17) is 0 Å². The number of nitrogens with zero attached hydrogens (tertiary/aromatic N) is 2. The smallest absolute Gasteiger partial charge is 0.0890 e. The van der Waals surface area contributed by atoms with Crippen LogP contribution < -0.4 is 0 Å². The van der Waals surface area contributed by atoms with Gasteiger partial charge in [-0.15, -0.1) is 12.4 Å². The lowest BCUT2D eigenvalue weighted by Crippen LogP contribution is -2.23. The van der Waals surface area contributed by atoms with Gasteiger partial charge in [0.25, 0.3) is 0 Å². The molecule has 0 aromatic rings. The van der Waals surface area contributed by atoms with Crippen molar-refractivity contribution in [2.24, 2.45) is 0 Å². The van der Waals surface area contributed by atoms with Crippen LogP contribution in [-0.2, 0) is 0 Å². The highest BCUT2D eigenvalue weighted by Gasteiger charge is 2.05. The van der Waals surface area contributed by atoms with E-state index in [0.717, 1.165) is 6.67 Å². The summed E-state index contributed by atoms with van der Waals surface area (Å²) in [5.74, 6) is 0. The maximum absolute atomic E-state index is 2.34. The summed E-state index contributed by atoms with van der Waals surface area (Å²) >= 11 is 0. The van der Waals surface area contributed by atoms with Crippen molar-refractivity contribution in [2.45, 2.75) is 19.8 Å². The second kappa shape index (κ2) is 5.30. The van der Waals surface area contributed by atoms with Crippen molar-refractivity contribution in [1.82, 2.24) is 9.80 Å². The molecular weight excluding hydrogens is 160 g/mol. The van der Waals surface area contributed by atoms with E-state index in [9.17, 15) is 0 Å². The van der Waals surface area contributed by atoms with E-state index in [-0.39, 0.29) is 12.4 Å². The van der Waals surface area contributed by atoms with Crippen LogP contribution >= 0.6 is 12.4 Å². The highest BCUT2D eigenvalue weighted by Crippen LogP contribution is 2.04. The third-order valence-corrected chi connectivity index (χ3v) is 1.74. The van der Waals surface area contributed by atoms with Crippen LogP contribution in [0.2, 0.25) is 0 Å². The molecule has 0 saturated carbocycles. The minimum Gasteiger partial charge on any atom is -0.362 e. The van der Waals surface area contributed by atoms with Crippen molar-refractivity contribution in [2.75, 3.05) is 20.3 Å². The van der Waals surface area contributed by atoms with Gasteiger partial charge in [0.05, 0.1) is 6.67 Å². The van der Waals surface area contributed by atoms with Gasteiger partial charge in [-0.1, -0.05) is 13.3 Å². The Labute approximate surface area is 75.3 Å². The second-order valence-corrected chi connectivity index (χ2v) is 2.86. The van der Waals surface area contributed by atoms with Crippen LogP contribution in [0.15, 0.2) is 12.4 Å². The SMILES string of the molecule is CCCCN1C=CN(C)C1.Cl. The van der Waals surface area contributed by atoms with Gasteiger partial charge < -0.3 is 9.80 Å². The fourth-order valence-electron chi connectivity index (χ4n) is 1.10. The molecule has 0 fully saturated rings. The fourth-order valence-corrected chi connectivity index (χ4v) is 1.10. The van der Waals surface area contributed by atoms with Gasteiger partial charge in [-0.3, -0.25) is 0 Å². The molecule has 0 atom stereocenters. The van der Waals surface area contributed by atoms with Gasteiger partial charge >= 0.3 is 0 Å². The summed E-state index contributed by atoms with van der Waals surface area (Å²) in [6, 6.07) is 0. The third kappa shape index (κ3) is 3.51. The molecule has 11 heavy (non-hydrogen) atoms. The number of unbranched alkanes of at least 4 members (excludes halogenated alkanes) is 1. The molecule has 0 aromatic heterocycles. The van der Waals surface area contributed by atoms with Crippen molar-refractivity contribution in [1.29, 1.82) is 0 Å². The van der Waals surface area contributed by atoms with Crippen LogP contribution in [0.4, 0.5) is 0 Å². The molecule has 66 valence electrons. The predicted octanol–water partition coefficient (Wildman–Crippen LogP) is 1.88. The summed E-state index contributed by atoms with van der Waals surface area (Å²) in [5, 5.41) is 0. The van der Waals surface area contributed by atoms with Crippen molar-refractivity contribution in [3.05, 3.63) is 12.4 Å². The van der Waals surface area contributed by atoms with E-state index in [1.807, 2.05) is 0 Å². The average Bonchev–Trinajstić information content (AvgIpc) is 2.31. The summed E-state index contributed by atoms with van der Waals surface area (Å²) in [6.45, 7) is 4.50. The molecule has 1 aliphatic heterocycles. The largest absolute Gasteiger partial charge is 0.362 e. The standard InChI is InChI=1S/C8H16N2.ClH/c1-3-4-5-10-7-6-9(2)8-10;/h6-7H,3-5,8H2,1-2H3;1H. The van der Waals surface area contributed by atoms with Gasteiger partial charge in [0.2, 0.25) is 0 Å². The second-order valence-electron chi connectivity index (χ2n) is 2.86. The Hall–Kier alpha value is -0.370. The van der Waals surface area contributed by atoms with E-state index >= 15 is 0 Å². The van der Waals surface area contributed by atoms with Crippen molar-refractivity contribution >= 4 is 12.4 Å². The lowest BCUT2D eigenvalue weighted by Gasteiger charge is -2.17. The van der Waals surface area contributed by atoms with E-state index < -0.39 is 0 Å². The zero-order chi connectivity index (χ0) is 7.40.